The molecule has 0 aromatic rings. The number of nitrogens with one attached hydrogen (secondary N) is 2. The highest BCUT2D eigenvalue weighted by molar-refractivity contribution is 5.87. The average molecular weight is 282 g/mol. The third-order valence-electron chi connectivity index (χ3n) is 3.97. The van der Waals surface area contributed by atoms with E-state index in [0.29, 0.717) is 5.92 Å². The van der Waals surface area contributed by atoms with E-state index in [0.717, 1.165) is 18.6 Å². The molecule has 0 aromatic heterocycles. The van der Waals surface area contributed by atoms with Crippen LogP contribution in [0.3, 0.4) is 0 Å². The van der Waals surface area contributed by atoms with Crippen molar-refractivity contribution in [3.63, 3.8) is 0 Å². The Kier molecular flexibility index (Phi) is 5.06. The molecule has 1 rings (SSSR count). The number of carbonyl (C=O) groups is 2. The molecule has 6 N–H and O–H groups in total. The van der Waals surface area contributed by atoms with E-state index in [2.05, 4.69) is 34.9 Å². The maximum atomic E-state index is 10.6. The first-order chi connectivity index (χ1) is 9.25. The lowest BCUT2D eigenvalue weighted by molar-refractivity contribution is 0.0303. The molecule has 0 heterocycles. The Labute approximate surface area is 118 Å². The molecule has 0 radical (unpaired) electrons. The summed E-state index contributed by atoms with van der Waals surface area (Å²) >= 11 is 0. The smallest absolute Gasteiger partial charge is 0.332 e. The van der Waals surface area contributed by atoms with Crippen LogP contribution in [0.4, 0.5) is 9.59 Å². The lowest BCUT2D eigenvalue weighted by Crippen LogP contribution is -2.48. The number of hydrazone groups is 2. The van der Waals surface area contributed by atoms with E-state index in [1.165, 1.54) is 0 Å². The van der Waals surface area contributed by atoms with Crippen LogP contribution in [0.1, 0.15) is 33.6 Å². The minimum absolute atomic E-state index is 0.0473. The van der Waals surface area contributed by atoms with Crippen molar-refractivity contribution in [2.45, 2.75) is 33.6 Å². The van der Waals surface area contributed by atoms with E-state index in [-0.39, 0.29) is 11.3 Å². The standard InChI is InChI=1S/C12H22N6O2/c1-7(16-18-11(14)20)9-6-8(12(9,2)3)4-5-15-17-10(13)19/h5,8-9H,4,6H2,1-3H3,(H3,13,17,19)(H3,14,18,20)/t8-,9-/m1/s1. The van der Waals surface area contributed by atoms with Gasteiger partial charge in [0.2, 0.25) is 0 Å². The molecule has 8 nitrogen and oxygen atoms in total. The maximum Gasteiger partial charge on any atom is 0.332 e. The quantitative estimate of drug-likeness (QED) is 0.437. The molecule has 8 heteroatoms. The second-order valence-electron chi connectivity index (χ2n) is 5.56. The number of rotatable bonds is 5. The van der Waals surface area contributed by atoms with Gasteiger partial charge in [-0.3, -0.25) is 0 Å². The number of nitrogens with zero attached hydrogens (tertiary/aromatic N) is 2. The molecule has 0 aliphatic heterocycles. The molecular weight excluding hydrogens is 260 g/mol. The first-order valence-corrected chi connectivity index (χ1v) is 6.41. The largest absolute Gasteiger partial charge is 0.350 e. The lowest BCUT2D eigenvalue weighted by atomic mass is 9.52. The fraction of sp³-hybridized carbons (Fsp3) is 0.667. The van der Waals surface area contributed by atoms with Gasteiger partial charge in [0, 0.05) is 17.8 Å². The molecule has 0 unspecified atom stereocenters. The zero-order valence-electron chi connectivity index (χ0n) is 12.0. The zero-order valence-corrected chi connectivity index (χ0v) is 12.0. The van der Waals surface area contributed by atoms with Gasteiger partial charge in [-0.15, -0.1) is 0 Å². The van der Waals surface area contributed by atoms with Crippen LogP contribution in [-0.2, 0) is 0 Å². The predicted molar refractivity (Wildman–Crippen MR) is 77.0 cm³/mol. The van der Waals surface area contributed by atoms with Crippen LogP contribution in [0.2, 0.25) is 0 Å². The highest BCUT2D eigenvalue weighted by atomic mass is 16.2. The number of nitrogens with two attached hydrogens (primary N) is 2. The molecule has 0 bridgehead atoms. The summed E-state index contributed by atoms with van der Waals surface area (Å²) in [6.07, 6.45) is 3.35. The summed E-state index contributed by atoms with van der Waals surface area (Å²) in [5, 5.41) is 7.71. The van der Waals surface area contributed by atoms with Gasteiger partial charge in [0.05, 0.1) is 0 Å². The molecule has 0 spiro atoms. The molecule has 2 atom stereocenters. The number of urea groups is 2. The molecule has 1 aliphatic carbocycles. The molecule has 1 fully saturated rings. The normalized spacial score (nSPS) is 25.1. The van der Waals surface area contributed by atoms with Crippen molar-refractivity contribution in [1.29, 1.82) is 0 Å². The SMILES string of the molecule is CC(=NNC(N)=O)[C@H]1C[C@@H](CC=NNC(N)=O)C1(C)C. The van der Waals surface area contributed by atoms with Crippen LogP contribution < -0.4 is 22.3 Å². The van der Waals surface area contributed by atoms with Gasteiger partial charge in [0.1, 0.15) is 0 Å². The molecule has 1 aliphatic rings. The summed E-state index contributed by atoms with van der Waals surface area (Å²) in [4.78, 5) is 21.1. The summed E-state index contributed by atoms with van der Waals surface area (Å²) in [5.41, 5.74) is 15.2. The summed E-state index contributed by atoms with van der Waals surface area (Å²) in [7, 11) is 0. The van der Waals surface area contributed by atoms with E-state index >= 15 is 0 Å². The van der Waals surface area contributed by atoms with E-state index in [1.807, 2.05) is 6.92 Å². The van der Waals surface area contributed by atoms with E-state index in [1.54, 1.807) is 6.21 Å². The molecule has 20 heavy (non-hydrogen) atoms. The fourth-order valence-corrected chi connectivity index (χ4v) is 2.64. The Morgan fingerprint density at radius 3 is 2.40 bits per heavy atom. The van der Waals surface area contributed by atoms with Gasteiger partial charge >= 0.3 is 12.1 Å². The molecule has 4 amide bonds. The Balaban J connectivity index is 2.50. The van der Waals surface area contributed by atoms with Crippen molar-refractivity contribution in [1.82, 2.24) is 10.9 Å². The summed E-state index contributed by atoms with van der Waals surface area (Å²) in [6, 6.07) is -1.34. The highest BCUT2D eigenvalue weighted by Gasteiger charge is 2.48. The second kappa shape index (κ2) is 6.36. The minimum Gasteiger partial charge on any atom is -0.350 e. The highest BCUT2D eigenvalue weighted by Crippen LogP contribution is 2.53. The van der Waals surface area contributed by atoms with Gasteiger partial charge < -0.3 is 11.5 Å². The number of carbonyl (C=O) groups excluding carboxylic acids is 2. The van der Waals surface area contributed by atoms with Crippen LogP contribution >= 0.6 is 0 Å². The van der Waals surface area contributed by atoms with Crippen LogP contribution in [0.15, 0.2) is 10.2 Å². The number of primary amides is 2. The zero-order chi connectivity index (χ0) is 15.3. The molecule has 1 saturated carbocycles. The third-order valence-corrected chi connectivity index (χ3v) is 3.97. The Morgan fingerprint density at radius 2 is 1.90 bits per heavy atom. The van der Waals surface area contributed by atoms with Crippen LogP contribution in [-0.4, -0.2) is 24.0 Å². The van der Waals surface area contributed by atoms with Crippen molar-refractivity contribution in [2.75, 3.05) is 0 Å². The molecule has 0 aromatic carbocycles. The van der Waals surface area contributed by atoms with Gasteiger partial charge in [0.15, 0.2) is 0 Å². The maximum absolute atomic E-state index is 10.6. The van der Waals surface area contributed by atoms with Crippen molar-refractivity contribution in [3.05, 3.63) is 0 Å². The van der Waals surface area contributed by atoms with Gasteiger partial charge in [-0.1, -0.05) is 13.8 Å². The van der Waals surface area contributed by atoms with E-state index in [9.17, 15) is 9.59 Å². The van der Waals surface area contributed by atoms with Crippen molar-refractivity contribution in [2.24, 2.45) is 38.9 Å². The number of hydrogen-bond donors (Lipinski definition) is 4. The first-order valence-electron chi connectivity index (χ1n) is 6.41. The Bertz CT molecular complexity index is 443. The topological polar surface area (TPSA) is 135 Å². The van der Waals surface area contributed by atoms with Gasteiger partial charge in [0.25, 0.3) is 0 Å². The van der Waals surface area contributed by atoms with Gasteiger partial charge in [-0.25, -0.2) is 20.4 Å². The summed E-state index contributed by atoms with van der Waals surface area (Å²) in [6.45, 7) is 6.16. The van der Waals surface area contributed by atoms with E-state index < -0.39 is 12.1 Å². The Hall–Kier alpha value is -2.12. The molecule has 112 valence electrons. The number of hydrogen-bond acceptors (Lipinski definition) is 4. The molecule has 0 saturated heterocycles. The Morgan fingerprint density at radius 1 is 1.30 bits per heavy atom. The fourth-order valence-electron chi connectivity index (χ4n) is 2.64. The van der Waals surface area contributed by atoms with Gasteiger partial charge in [-0.05, 0) is 31.1 Å². The second-order valence-corrected chi connectivity index (χ2v) is 5.56. The number of amides is 4. The average Bonchev–Trinajstić information content (AvgIpc) is 2.33. The third kappa shape index (κ3) is 3.94. The van der Waals surface area contributed by atoms with Crippen molar-refractivity contribution < 1.29 is 9.59 Å². The lowest BCUT2D eigenvalue weighted by Gasteiger charge is -2.52. The van der Waals surface area contributed by atoms with Crippen molar-refractivity contribution >= 4 is 24.0 Å². The minimum atomic E-state index is -0.674. The first kappa shape index (κ1) is 15.9. The molecular formula is C12H22N6O2. The summed E-state index contributed by atoms with van der Waals surface area (Å²) in [5.74, 6) is 0.724. The summed E-state index contributed by atoms with van der Waals surface area (Å²) < 4.78 is 0. The van der Waals surface area contributed by atoms with Crippen molar-refractivity contribution in [3.8, 4) is 0 Å². The monoisotopic (exact) mass is 282 g/mol. The van der Waals surface area contributed by atoms with Crippen LogP contribution in [0.5, 0.6) is 0 Å². The van der Waals surface area contributed by atoms with Crippen LogP contribution in [0, 0.1) is 17.3 Å². The van der Waals surface area contributed by atoms with Crippen LogP contribution in [0.25, 0.3) is 0 Å². The van der Waals surface area contributed by atoms with E-state index in [4.69, 9.17) is 11.5 Å². The van der Waals surface area contributed by atoms with Gasteiger partial charge in [-0.2, -0.15) is 10.2 Å². The predicted octanol–water partition coefficient (Wildman–Crippen LogP) is 0.737.